The van der Waals surface area contributed by atoms with Gasteiger partial charge in [0.1, 0.15) is 11.4 Å². The maximum Gasteiger partial charge on any atom is 0.410 e. The van der Waals surface area contributed by atoms with Gasteiger partial charge in [0.25, 0.3) is 0 Å². The molecule has 1 heterocycles. The van der Waals surface area contributed by atoms with Gasteiger partial charge in [-0.15, -0.1) is 0 Å². The van der Waals surface area contributed by atoms with Gasteiger partial charge in [-0.3, -0.25) is 4.79 Å². The summed E-state index contributed by atoms with van der Waals surface area (Å²) in [7, 11) is 0. The van der Waals surface area contributed by atoms with Crippen LogP contribution in [-0.4, -0.2) is 41.6 Å². The topological polar surface area (TPSA) is 55.8 Å². The molecule has 132 valence electrons. The highest BCUT2D eigenvalue weighted by atomic mass is 16.6. The van der Waals surface area contributed by atoms with Crippen molar-refractivity contribution in [2.24, 2.45) is 5.92 Å². The number of hydrogen-bond donors (Lipinski definition) is 0. The van der Waals surface area contributed by atoms with Crippen molar-refractivity contribution in [1.29, 1.82) is 0 Å². The summed E-state index contributed by atoms with van der Waals surface area (Å²) < 4.78 is 11.4. The first-order chi connectivity index (χ1) is 11.2. The van der Waals surface area contributed by atoms with E-state index in [2.05, 4.69) is 0 Å². The third kappa shape index (κ3) is 5.64. The standard InChI is InChI=1S/C19H27NO4/c1-14(21)16-10-17(23-13-15-8-6-5-7-9-15)12-20(11-16)18(22)24-19(2,3)4/h5-9,16-17H,10-13H2,1-4H3. The molecule has 1 aromatic rings. The van der Waals surface area contributed by atoms with Crippen molar-refractivity contribution >= 4 is 11.9 Å². The highest BCUT2D eigenvalue weighted by molar-refractivity contribution is 5.79. The largest absolute Gasteiger partial charge is 0.444 e. The lowest BCUT2D eigenvalue weighted by atomic mass is 9.93. The predicted octanol–water partition coefficient (Wildman–Crippen LogP) is 3.42. The molecule has 0 spiro atoms. The van der Waals surface area contributed by atoms with E-state index in [0.29, 0.717) is 26.1 Å². The SMILES string of the molecule is CC(=O)C1CC(OCc2ccccc2)CN(C(=O)OC(C)(C)C)C1. The van der Waals surface area contributed by atoms with Gasteiger partial charge in [-0.2, -0.15) is 0 Å². The quantitative estimate of drug-likeness (QED) is 0.847. The van der Waals surface area contributed by atoms with Crippen molar-refractivity contribution in [2.45, 2.75) is 52.4 Å². The molecule has 2 rings (SSSR count). The lowest BCUT2D eigenvalue weighted by molar-refractivity contribution is -0.125. The third-order valence-electron chi connectivity index (χ3n) is 3.97. The number of rotatable bonds is 4. The number of nitrogens with zero attached hydrogens (tertiary/aromatic N) is 1. The minimum Gasteiger partial charge on any atom is -0.444 e. The zero-order valence-corrected chi connectivity index (χ0v) is 15.0. The second kappa shape index (κ2) is 7.79. The van der Waals surface area contributed by atoms with Crippen LogP contribution in [0.3, 0.4) is 0 Å². The Kier molecular flexibility index (Phi) is 5.99. The fraction of sp³-hybridized carbons (Fsp3) is 0.579. The molecule has 0 N–H and O–H groups in total. The van der Waals surface area contributed by atoms with E-state index >= 15 is 0 Å². The number of carbonyl (C=O) groups is 2. The van der Waals surface area contributed by atoms with Crippen molar-refractivity contribution in [3.05, 3.63) is 35.9 Å². The van der Waals surface area contributed by atoms with Crippen LogP contribution in [0.4, 0.5) is 4.79 Å². The van der Waals surface area contributed by atoms with Crippen molar-refractivity contribution in [2.75, 3.05) is 13.1 Å². The van der Waals surface area contributed by atoms with E-state index in [4.69, 9.17) is 9.47 Å². The van der Waals surface area contributed by atoms with Crippen LogP contribution in [0.15, 0.2) is 30.3 Å². The van der Waals surface area contributed by atoms with Gasteiger partial charge in [0.2, 0.25) is 0 Å². The van der Waals surface area contributed by atoms with Crippen LogP contribution in [0.2, 0.25) is 0 Å². The third-order valence-corrected chi connectivity index (χ3v) is 3.97. The summed E-state index contributed by atoms with van der Waals surface area (Å²) in [6.07, 6.45) is 0.0868. The van der Waals surface area contributed by atoms with Crippen molar-refractivity contribution in [3.8, 4) is 0 Å². The fourth-order valence-electron chi connectivity index (χ4n) is 2.73. The molecule has 0 aromatic heterocycles. The molecular weight excluding hydrogens is 306 g/mol. The number of ketones is 1. The first-order valence-corrected chi connectivity index (χ1v) is 8.38. The smallest absolute Gasteiger partial charge is 0.410 e. The summed E-state index contributed by atoms with van der Waals surface area (Å²) in [5, 5.41) is 0. The zero-order chi connectivity index (χ0) is 17.7. The Labute approximate surface area is 143 Å². The summed E-state index contributed by atoms with van der Waals surface area (Å²) in [4.78, 5) is 25.8. The van der Waals surface area contributed by atoms with Gasteiger partial charge in [0, 0.05) is 12.5 Å². The van der Waals surface area contributed by atoms with Crippen LogP contribution in [0, 0.1) is 5.92 Å². The van der Waals surface area contributed by atoms with E-state index in [1.165, 1.54) is 0 Å². The summed E-state index contributed by atoms with van der Waals surface area (Å²) in [6, 6.07) is 9.88. The van der Waals surface area contributed by atoms with Crippen LogP contribution in [0.1, 0.15) is 39.7 Å². The molecule has 0 aliphatic carbocycles. The fourth-order valence-corrected chi connectivity index (χ4v) is 2.73. The average Bonchev–Trinajstić information content (AvgIpc) is 2.52. The highest BCUT2D eigenvalue weighted by Crippen LogP contribution is 2.23. The van der Waals surface area contributed by atoms with Crippen molar-refractivity contribution < 1.29 is 19.1 Å². The van der Waals surface area contributed by atoms with Gasteiger partial charge in [-0.05, 0) is 39.7 Å². The van der Waals surface area contributed by atoms with E-state index in [-0.39, 0.29) is 23.9 Å². The van der Waals surface area contributed by atoms with Gasteiger partial charge in [0.05, 0.1) is 19.3 Å². The first kappa shape index (κ1) is 18.5. The number of amides is 1. The van der Waals surface area contributed by atoms with E-state index in [1.54, 1.807) is 11.8 Å². The number of ether oxygens (including phenoxy) is 2. The molecule has 1 aliphatic heterocycles. The van der Waals surface area contributed by atoms with Crippen molar-refractivity contribution in [1.82, 2.24) is 4.90 Å². The molecule has 1 aliphatic rings. The second-order valence-electron chi connectivity index (χ2n) is 7.35. The normalized spacial score (nSPS) is 21.4. The molecular formula is C19H27NO4. The molecule has 24 heavy (non-hydrogen) atoms. The number of Topliss-reactive ketones (excluding diaryl/α,β-unsaturated/α-hetero) is 1. The summed E-state index contributed by atoms with van der Waals surface area (Å²) in [6.45, 7) is 8.39. The van der Waals surface area contributed by atoms with Crippen molar-refractivity contribution in [3.63, 3.8) is 0 Å². The Morgan fingerprint density at radius 3 is 2.42 bits per heavy atom. The number of benzene rings is 1. The van der Waals surface area contributed by atoms with Crippen LogP contribution >= 0.6 is 0 Å². The second-order valence-corrected chi connectivity index (χ2v) is 7.35. The van der Waals surface area contributed by atoms with Gasteiger partial charge in [-0.1, -0.05) is 30.3 Å². The Balaban J connectivity index is 2.00. The molecule has 2 atom stereocenters. The van der Waals surface area contributed by atoms with Gasteiger partial charge >= 0.3 is 6.09 Å². The minimum atomic E-state index is -0.555. The summed E-state index contributed by atoms with van der Waals surface area (Å²) in [5.74, 6) is -0.122. The molecule has 0 radical (unpaired) electrons. The Bertz CT molecular complexity index is 564. The lowest BCUT2D eigenvalue weighted by Crippen LogP contribution is -2.50. The first-order valence-electron chi connectivity index (χ1n) is 8.38. The highest BCUT2D eigenvalue weighted by Gasteiger charge is 2.34. The molecule has 0 saturated carbocycles. The van der Waals surface area contributed by atoms with E-state index in [0.717, 1.165) is 5.56 Å². The molecule has 1 saturated heterocycles. The maximum atomic E-state index is 12.3. The van der Waals surface area contributed by atoms with E-state index in [9.17, 15) is 9.59 Å². The monoisotopic (exact) mass is 333 g/mol. The van der Waals surface area contributed by atoms with Gasteiger partial charge in [-0.25, -0.2) is 4.79 Å². The van der Waals surface area contributed by atoms with Crippen LogP contribution < -0.4 is 0 Å². The van der Waals surface area contributed by atoms with Crippen LogP contribution in [-0.2, 0) is 20.9 Å². The number of piperidine rings is 1. The average molecular weight is 333 g/mol. The lowest BCUT2D eigenvalue weighted by Gasteiger charge is -2.37. The number of likely N-dealkylation sites (tertiary alicyclic amines) is 1. The van der Waals surface area contributed by atoms with Gasteiger partial charge < -0.3 is 14.4 Å². The molecule has 5 nitrogen and oxygen atoms in total. The molecule has 1 aromatic carbocycles. The molecule has 1 fully saturated rings. The summed E-state index contributed by atoms with van der Waals surface area (Å²) in [5.41, 5.74) is 0.520. The Morgan fingerprint density at radius 2 is 1.83 bits per heavy atom. The minimum absolute atomic E-state index is 0.0802. The van der Waals surface area contributed by atoms with E-state index in [1.807, 2.05) is 51.1 Å². The maximum absolute atomic E-state index is 12.3. The van der Waals surface area contributed by atoms with Crippen LogP contribution in [0.25, 0.3) is 0 Å². The zero-order valence-electron chi connectivity index (χ0n) is 15.0. The molecule has 5 heteroatoms. The molecule has 2 unspecified atom stereocenters. The van der Waals surface area contributed by atoms with Gasteiger partial charge in [0.15, 0.2) is 0 Å². The van der Waals surface area contributed by atoms with E-state index < -0.39 is 5.60 Å². The Hall–Kier alpha value is -1.88. The molecule has 1 amide bonds. The number of carbonyl (C=O) groups excluding carboxylic acids is 2. The molecule has 0 bridgehead atoms. The summed E-state index contributed by atoms with van der Waals surface area (Å²) >= 11 is 0. The Morgan fingerprint density at radius 1 is 1.17 bits per heavy atom. The number of hydrogen-bond acceptors (Lipinski definition) is 4. The predicted molar refractivity (Wildman–Crippen MR) is 91.6 cm³/mol. The van der Waals surface area contributed by atoms with Crippen LogP contribution in [0.5, 0.6) is 0 Å².